The Morgan fingerprint density at radius 2 is 1.90 bits per heavy atom. The van der Waals surface area contributed by atoms with Gasteiger partial charge >= 0.3 is 16.1 Å². The lowest BCUT2D eigenvalue weighted by molar-refractivity contribution is -0.140. The van der Waals surface area contributed by atoms with Crippen molar-refractivity contribution in [2.24, 2.45) is 5.92 Å². The van der Waals surface area contributed by atoms with Crippen LogP contribution in [-0.4, -0.2) is 24.4 Å². The molecule has 6 heteroatoms. The number of benzene rings is 1. The molecule has 0 aliphatic carbocycles. The molecule has 21 heavy (non-hydrogen) atoms. The zero-order chi connectivity index (χ0) is 16.0. The predicted octanol–water partition coefficient (Wildman–Crippen LogP) is 2.76. The maximum Gasteiger partial charge on any atom is 0.331 e. The van der Waals surface area contributed by atoms with Crippen molar-refractivity contribution in [3.05, 3.63) is 48.6 Å². The smallest absolute Gasteiger partial charge is 0.331 e. The van der Waals surface area contributed by atoms with Crippen LogP contribution >= 0.6 is 0 Å². The Bertz CT molecular complexity index is 577. The normalized spacial score (nSPS) is 14.5. The molecule has 0 aromatic heterocycles. The minimum atomic E-state index is -4.50. The second kappa shape index (κ2) is 7.38. The van der Waals surface area contributed by atoms with Gasteiger partial charge in [-0.2, -0.15) is 8.42 Å². The Morgan fingerprint density at radius 3 is 2.33 bits per heavy atom. The van der Waals surface area contributed by atoms with E-state index in [1.807, 2.05) is 44.2 Å². The highest BCUT2D eigenvalue weighted by Crippen LogP contribution is 2.31. The van der Waals surface area contributed by atoms with E-state index in [9.17, 15) is 17.8 Å². The summed E-state index contributed by atoms with van der Waals surface area (Å²) in [5.41, 5.74) is -0.675. The van der Waals surface area contributed by atoms with Crippen LogP contribution in [0.2, 0.25) is 0 Å². The van der Waals surface area contributed by atoms with Gasteiger partial charge in [-0.25, -0.2) is 4.79 Å². The highest BCUT2D eigenvalue weighted by Gasteiger charge is 2.31. The molecule has 1 rings (SSSR count). The number of esters is 1. The summed E-state index contributed by atoms with van der Waals surface area (Å²) in [5, 5.41) is 0. The monoisotopic (exact) mass is 312 g/mol. The lowest BCUT2D eigenvalue weighted by atomic mass is 9.86. The van der Waals surface area contributed by atoms with Gasteiger partial charge in [-0.15, -0.1) is 0 Å². The third-order valence-corrected chi connectivity index (χ3v) is 4.18. The fourth-order valence-corrected chi connectivity index (χ4v) is 2.78. The topological polar surface area (TPSA) is 80.7 Å². The molecular weight excluding hydrogens is 292 g/mol. The third kappa shape index (κ3) is 5.32. The first kappa shape index (κ1) is 17.4. The first-order chi connectivity index (χ1) is 9.75. The van der Waals surface area contributed by atoms with Gasteiger partial charge in [0.2, 0.25) is 5.44 Å². The summed E-state index contributed by atoms with van der Waals surface area (Å²) in [4.78, 5) is 11.2. The molecule has 0 saturated carbocycles. The number of rotatable bonds is 7. The molecule has 1 aromatic carbocycles. The van der Waals surface area contributed by atoms with Crippen LogP contribution in [0.25, 0.3) is 0 Å². The van der Waals surface area contributed by atoms with Crippen molar-refractivity contribution in [2.75, 3.05) is 0 Å². The summed E-state index contributed by atoms with van der Waals surface area (Å²) in [5.74, 6) is -0.942. The van der Waals surface area contributed by atoms with E-state index in [1.54, 1.807) is 0 Å². The van der Waals surface area contributed by atoms with Crippen molar-refractivity contribution in [3.63, 3.8) is 0 Å². The first-order valence-electron chi connectivity index (χ1n) is 6.60. The quantitative estimate of drug-likeness (QED) is 0.475. The molecule has 0 radical (unpaired) electrons. The average Bonchev–Trinajstić information content (AvgIpc) is 2.42. The Balaban J connectivity index is 3.03. The number of ether oxygens (including phenoxy) is 1. The SMILES string of the molecule is C=CC(=O)OC(CC(c1ccccc1)C(C)C)S(=O)(=O)O. The first-order valence-corrected chi connectivity index (χ1v) is 8.10. The van der Waals surface area contributed by atoms with E-state index in [0.29, 0.717) is 0 Å². The third-order valence-electron chi connectivity index (χ3n) is 3.23. The molecule has 0 saturated heterocycles. The van der Waals surface area contributed by atoms with Gasteiger partial charge in [-0.1, -0.05) is 50.8 Å². The van der Waals surface area contributed by atoms with Crippen molar-refractivity contribution in [2.45, 2.75) is 31.6 Å². The van der Waals surface area contributed by atoms with E-state index in [1.165, 1.54) is 0 Å². The fourth-order valence-electron chi connectivity index (χ4n) is 2.11. The summed E-state index contributed by atoms with van der Waals surface area (Å²) < 4.78 is 36.9. The van der Waals surface area contributed by atoms with Gasteiger partial charge in [-0.05, 0) is 17.4 Å². The van der Waals surface area contributed by atoms with Crippen molar-refractivity contribution in [3.8, 4) is 0 Å². The Kier molecular flexibility index (Phi) is 6.11. The van der Waals surface area contributed by atoms with Crippen LogP contribution < -0.4 is 0 Å². The molecule has 2 unspecified atom stereocenters. The summed E-state index contributed by atoms with van der Waals surface area (Å²) >= 11 is 0. The molecule has 0 amide bonds. The highest BCUT2D eigenvalue weighted by atomic mass is 32.2. The van der Waals surface area contributed by atoms with Gasteiger partial charge < -0.3 is 4.74 Å². The van der Waals surface area contributed by atoms with Crippen LogP contribution in [-0.2, 0) is 19.6 Å². The van der Waals surface area contributed by atoms with Gasteiger partial charge in [0.05, 0.1) is 0 Å². The summed E-state index contributed by atoms with van der Waals surface area (Å²) in [6, 6.07) is 9.31. The number of hydrogen-bond acceptors (Lipinski definition) is 4. The largest absolute Gasteiger partial charge is 0.440 e. The molecule has 1 N–H and O–H groups in total. The summed E-state index contributed by atoms with van der Waals surface area (Å²) in [7, 11) is -4.50. The molecule has 0 aliphatic heterocycles. The Morgan fingerprint density at radius 1 is 1.33 bits per heavy atom. The highest BCUT2D eigenvalue weighted by molar-refractivity contribution is 7.86. The van der Waals surface area contributed by atoms with Crippen molar-refractivity contribution in [1.29, 1.82) is 0 Å². The standard InChI is InChI=1S/C15H20O5S/c1-4-14(16)20-15(21(17,18)19)10-13(11(2)3)12-8-6-5-7-9-12/h4-9,11,13,15H,1,10H2,2-3H3,(H,17,18,19). The van der Waals surface area contributed by atoms with E-state index >= 15 is 0 Å². The van der Waals surface area contributed by atoms with E-state index in [0.717, 1.165) is 11.6 Å². The van der Waals surface area contributed by atoms with Crippen molar-refractivity contribution < 1.29 is 22.5 Å². The van der Waals surface area contributed by atoms with E-state index < -0.39 is 21.5 Å². The van der Waals surface area contributed by atoms with E-state index in [2.05, 4.69) is 6.58 Å². The molecule has 1 aromatic rings. The minimum absolute atomic E-state index is 0.0138. The van der Waals surface area contributed by atoms with Gasteiger partial charge in [0.25, 0.3) is 0 Å². The average molecular weight is 312 g/mol. The summed E-state index contributed by atoms with van der Waals surface area (Å²) in [6.45, 7) is 7.09. The van der Waals surface area contributed by atoms with Gasteiger partial charge in [-0.3, -0.25) is 4.55 Å². The van der Waals surface area contributed by atoms with Crippen LogP contribution in [0.4, 0.5) is 0 Å². The zero-order valence-corrected chi connectivity index (χ0v) is 12.9. The lowest BCUT2D eigenvalue weighted by Crippen LogP contribution is -2.29. The number of carbonyl (C=O) groups is 1. The molecule has 0 fully saturated rings. The second-order valence-electron chi connectivity index (χ2n) is 5.08. The van der Waals surface area contributed by atoms with Crippen LogP contribution in [0.15, 0.2) is 43.0 Å². The van der Waals surface area contributed by atoms with Gasteiger partial charge in [0.1, 0.15) is 0 Å². The number of carbonyl (C=O) groups excluding carboxylic acids is 1. The Hall–Kier alpha value is -1.66. The molecule has 0 aliphatic rings. The van der Waals surface area contributed by atoms with E-state index in [4.69, 9.17) is 4.74 Å². The molecule has 0 spiro atoms. The molecular formula is C15H20O5S. The van der Waals surface area contributed by atoms with Crippen LogP contribution in [0, 0.1) is 5.92 Å². The Labute approximate surface area is 125 Å². The lowest BCUT2D eigenvalue weighted by Gasteiger charge is -2.25. The maximum atomic E-state index is 11.4. The minimum Gasteiger partial charge on any atom is -0.440 e. The van der Waals surface area contributed by atoms with Crippen LogP contribution in [0.3, 0.4) is 0 Å². The van der Waals surface area contributed by atoms with Crippen molar-refractivity contribution >= 4 is 16.1 Å². The van der Waals surface area contributed by atoms with Crippen molar-refractivity contribution in [1.82, 2.24) is 0 Å². The van der Waals surface area contributed by atoms with Gasteiger partial charge in [0.15, 0.2) is 0 Å². The summed E-state index contributed by atoms with van der Waals surface area (Å²) in [6.07, 6.45) is 0.852. The second-order valence-corrected chi connectivity index (χ2v) is 6.64. The zero-order valence-electron chi connectivity index (χ0n) is 12.1. The molecule has 0 heterocycles. The predicted molar refractivity (Wildman–Crippen MR) is 80.3 cm³/mol. The molecule has 116 valence electrons. The van der Waals surface area contributed by atoms with E-state index in [-0.39, 0.29) is 18.3 Å². The van der Waals surface area contributed by atoms with Gasteiger partial charge in [0, 0.05) is 12.5 Å². The number of hydrogen-bond donors (Lipinski definition) is 1. The van der Waals surface area contributed by atoms with Crippen LogP contribution in [0.1, 0.15) is 31.7 Å². The molecule has 0 bridgehead atoms. The molecule has 5 nitrogen and oxygen atoms in total. The maximum absolute atomic E-state index is 11.4. The van der Waals surface area contributed by atoms with Crippen LogP contribution in [0.5, 0.6) is 0 Å². The fraction of sp³-hybridized carbons (Fsp3) is 0.400. The molecule has 2 atom stereocenters.